The van der Waals surface area contributed by atoms with Gasteiger partial charge in [-0.25, -0.2) is 4.79 Å². The van der Waals surface area contributed by atoms with E-state index >= 15 is 0 Å². The Balaban J connectivity index is 2.08. The lowest BCUT2D eigenvalue weighted by molar-refractivity contribution is 0.548. The third kappa shape index (κ3) is 2.41. The Hall–Kier alpha value is -3.03. The summed E-state index contributed by atoms with van der Waals surface area (Å²) in [5.74, 6) is -0.487. The van der Waals surface area contributed by atoms with Crippen molar-refractivity contribution in [2.45, 2.75) is 12.8 Å². The number of fused-ring (bicyclic) bond motifs is 3. The summed E-state index contributed by atoms with van der Waals surface area (Å²) in [6, 6.07) is 16.8. The average molecular weight is 349 g/mol. The molecule has 1 N–H and O–H groups in total. The molecule has 0 fully saturated rings. The minimum absolute atomic E-state index is 0.443. The van der Waals surface area contributed by atoms with E-state index in [2.05, 4.69) is 11.4 Å². The maximum Gasteiger partial charge on any atom is 0.342 e. The number of nitriles is 1. The first-order chi connectivity index (χ1) is 12.1. The molecule has 1 unspecified atom stereocenters. The molecule has 0 amide bonds. The monoisotopic (exact) mass is 348 g/mol. The molecule has 1 aliphatic rings. The minimum Gasteiger partial charge on any atom is -0.422 e. The van der Waals surface area contributed by atoms with E-state index < -0.39 is 11.5 Å². The maximum atomic E-state index is 12.7. The van der Waals surface area contributed by atoms with Crippen LogP contribution in [0.1, 0.15) is 24.0 Å². The molecule has 122 valence electrons. The molecule has 4 nitrogen and oxygen atoms in total. The molecule has 5 heteroatoms. The third-order valence-corrected chi connectivity index (χ3v) is 4.72. The molecule has 2 aromatic carbocycles. The van der Waals surface area contributed by atoms with Gasteiger partial charge in [-0.1, -0.05) is 35.9 Å². The molecule has 0 radical (unpaired) electrons. The van der Waals surface area contributed by atoms with Crippen molar-refractivity contribution >= 4 is 28.3 Å². The van der Waals surface area contributed by atoms with Crippen LogP contribution in [0.4, 0.5) is 5.69 Å². The van der Waals surface area contributed by atoms with E-state index in [0.29, 0.717) is 27.4 Å². The van der Waals surface area contributed by atoms with Crippen molar-refractivity contribution in [1.29, 1.82) is 5.26 Å². The molecule has 1 atom stereocenters. The van der Waals surface area contributed by atoms with Crippen LogP contribution in [0.5, 0.6) is 0 Å². The molecule has 0 spiro atoms. The lowest BCUT2D eigenvalue weighted by Gasteiger charge is -2.27. The molecule has 3 aromatic rings. The van der Waals surface area contributed by atoms with Gasteiger partial charge in [-0.05, 0) is 36.8 Å². The van der Waals surface area contributed by atoms with Gasteiger partial charge >= 0.3 is 5.63 Å². The zero-order valence-corrected chi connectivity index (χ0v) is 14.1. The Morgan fingerprint density at radius 2 is 1.88 bits per heavy atom. The fourth-order valence-corrected chi connectivity index (χ4v) is 3.44. The zero-order valence-electron chi connectivity index (χ0n) is 13.3. The van der Waals surface area contributed by atoms with Gasteiger partial charge in [0.1, 0.15) is 5.58 Å². The standard InChI is InChI=1S/C20H13ClN2O2/c1-11-15(10-22)17(12-6-8-13(21)9-7-12)18-19(23-11)14-4-2-3-5-16(14)25-20(18)24/h2-9,17,23H,1H3. The van der Waals surface area contributed by atoms with Gasteiger partial charge in [-0.15, -0.1) is 0 Å². The highest BCUT2D eigenvalue weighted by atomic mass is 35.5. The first-order valence-electron chi connectivity index (χ1n) is 7.79. The zero-order chi connectivity index (χ0) is 17.6. The number of anilines is 1. The summed E-state index contributed by atoms with van der Waals surface area (Å²) >= 11 is 5.99. The molecule has 1 aliphatic heterocycles. The first-order valence-corrected chi connectivity index (χ1v) is 8.17. The SMILES string of the molecule is CC1=C(C#N)C(c2ccc(Cl)cc2)c2c(c3ccccc3oc2=O)N1. The van der Waals surface area contributed by atoms with Crippen LogP contribution in [-0.2, 0) is 0 Å². The quantitative estimate of drug-likeness (QED) is 0.641. The second-order valence-corrected chi connectivity index (χ2v) is 6.37. The molecule has 0 bridgehead atoms. The minimum atomic E-state index is -0.487. The highest BCUT2D eigenvalue weighted by Gasteiger charge is 2.32. The normalized spacial score (nSPS) is 16.3. The van der Waals surface area contributed by atoms with Gasteiger partial charge in [0.25, 0.3) is 0 Å². The van der Waals surface area contributed by atoms with E-state index in [1.54, 1.807) is 18.2 Å². The third-order valence-electron chi connectivity index (χ3n) is 4.47. The summed E-state index contributed by atoms with van der Waals surface area (Å²) in [7, 11) is 0. The summed E-state index contributed by atoms with van der Waals surface area (Å²) in [6.07, 6.45) is 0. The number of hydrogen-bond acceptors (Lipinski definition) is 4. The molecular formula is C20H13ClN2O2. The van der Waals surface area contributed by atoms with E-state index in [0.717, 1.165) is 16.6 Å². The smallest absolute Gasteiger partial charge is 0.342 e. The Labute approximate surface area is 149 Å². The fourth-order valence-electron chi connectivity index (χ4n) is 3.31. The van der Waals surface area contributed by atoms with Gasteiger partial charge in [0.05, 0.1) is 28.8 Å². The van der Waals surface area contributed by atoms with E-state index in [1.165, 1.54) is 0 Å². The Morgan fingerprint density at radius 3 is 2.60 bits per heavy atom. The number of rotatable bonds is 1. The summed E-state index contributed by atoms with van der Waals surface area (Å²) in [6.45, 7) is 1.84. The van der Waals surface area contributed by atoms with Gasteiger partial charge in [0, 0.05) is 16.1 Å². The molecule has 0 aliphatic carbocycles. The number of allylic oxidation sites excluding steroid dienone is 2. The van der Waals surface area contributed by atoms with Crippen molar-refractivity contribution in [2.24, 2.45) is 0 Å². The van der Waals surface area contributed by atoms with Crippen molar-refractivity contribution in [2.75, 3.05) is 5.32 Å². The van der Waals surface area contributed by atoms with Crippen molar-refractivity contribution in [3.8, 4) is 6.07 Å². The van der Waals surface area contributed by atoms with Gasteiger partial charge in [-0.3, -0.25) is 0 Å². The van der Waals surface area contributed by atoms with Crippen LogP contribution in [-0.4, -0.2) is 0 Å². The molecule has 25 heavy (non-hydrogen) atoms. The number of nitrogens with one attached hydrogen (secondary N) is 1. The van der Waals surface area contributed by atoms with Crippen LogP contribution in [0.3, 0.4) is 0 Å². The van der Waals surface area contributed by atoms with Gasteiger partial charge in [0.15, 0.2) is 0 Å². The number of hydrogen-bond donors (Lipinski definition) is 1. The van der Waals surface area contributed by atoms with Gasteiger partial charge in [0.2, 0.25) is 0 Å². The molecule has 0 saturated carbocycles. The Morgan fingerprint density at radius 1 is 1.16 bits per heavy atom. The van der Waals surface area contributed by atoms with Gasteiger partial charge in [-0.2, -0.15) is 5.26 Å². The predicted molar refractivity (Wildman–Crippen MR) is 97.7 cm³/mol. The lowest BCUT2D eigenvalue weighted by atomic mass is 9.81. The summed E-state index contributed by atoms with van der Waals surface area (Å²) < 4.78 is 5.51. The van der Waals surface area contributed by atoms with Crippen LogP contribution < -0.4 is 10.9 Å². The summed E-state index contributed by atoms with van der Waals surface area (Å²) in [5.41, 5.74) is 3.27. The van der Waals surface area contributed by atoms with Crippen LogP contribution in [0.15, 0.2) is 69.0 Å². The first kappa shape index (κ1) is 15.5. The summed E-state index contributed by atoms with van der Waals surface area (Å²) in [4.78, 5) is 12.7. The van der Waals surface area contributed by atoms with E-state index in [9.17, 15) is 10.1 Å². The van der Waals surface area contributed by atoms with E-state index in [4.69, 9.17) is 16.0 Å². The number of halogens is 1. The molecule has 2 heterocycles. The van der Waals surface area contributed by atoms with Crippen LogP contribution in [0, 0.1) is 11.3 Å². The van der Waals surface area contributed by atoms with Crippen molar-refractivity contribution in [3.05, 3.63) is 86.4 Å². The topological polar surface area (TPSA) is 66.0 Å². The van der Waals surface area contributed by atoms with Crippen molar-refractivity contribution < 1.29 is 4.42 Å². The number of para-hydroxylation sites is 1. The van der Waals surface area contributed by atoms with Crippen LogP contribution >= 0.6 is 11.6 Å². The number of benzene rings is 2. The van der Waals surface area contributed by atoms with E-state index in [1.807, 2.05) is 37.3 Å². The second kappa shape index (κ2) is 5.80. The van der Waals surface area contributed by atoms with Crippen molar-refractivity contribution in [1.82, 2.24) is 0 Å². The van der Waals surface area contributed by atoms with Crippen LogP contribution in [0.25, 0.3) is 11.0 Å². The predicted octanol–water partition coefficient (Wildman–Crippen LogP) is 4.80. The van der Waals surface area contributed by atoms with Gasteiger partial charge < -0.3 is 9.73 Å². The summed E-state index contributed by atoms with van der Waals surface area (Å²) in [5, 5.41) is 14.3. The highest BCUT2D eigenvalue weighted by Crippen LogP contribution is 2.42. The molecule has 0 saturated heterocycles. The van der Waals surface area contributed by atoms with Crippen molar-refractivity contribution in [3.63, 3.8) is 0 Å². The second-order valence-electron chi connectivity index (χ2n) is 5.93. The molecule has 4 rings (SSSR count). The Bertz CT molecular complexity index is 1120. The molecule has 1 aromatic heterocycles. The molecular weight excluding hydrogens is 336 g/mol. The van der Waals surface area contributed by atoms with Crippen LogP contribution in [0.2, 0.25) is 5.02 Å². The largest absolute Gasteiger partial charge is 0.422 e. The lowest BCUT2D eigenvalue weighted by Crippen LogP contribution is -2.24. The number of nitrogens with zero attached hydrogens (tertiary/aromatic N) is 1. The average Bonchev–Trinajstić information content (AvgIpc) is 2.61. The Kier molecular flexibility index (Phi) is 3.60. The maximum absolute atomic E-state index is 12.7. The highest BCUT2D eigenvalue weighted by molar-refractivity contribution is 6.30. The van der Waals surface area contributed by atoms with E-state index in [-0.39, 0.29) is 0 Å². The fraction of sp³-hybridized carbons (Fsp3) is 0.100.